The maximum atomic E-state index is 12.3. The quantitative estimate of drug-likeness (QED) is 0.944. The van der Waals surface area contributed by atoms with Crippen molar-refractivity contribution in [3.05, 3.63) is 44.9 Å². The molecule has 0 radical (unpaired) electrons. The molecule has 2 aromatic heterocycles. The van der Waals surface area contributed by atoms with E-state index in [0.717, 1.165) is 26.6 Å². The van der Waals surface area contributed by atoms with E-state index in [-0.39, 0.29) is 6.54 Å². The molecule has 20 heavy (non-hydrogen) atoms. The van der Waals surface area contributed by atoms with Crippen molar-refractivity contribution in [3.8, 4) is 0 Å². The molecule has 0 bridgehead atoms. The molecule has 0 spiro atoms. The Labute approximate surface area is 123 Å². The van der Waals surface area contributed by atoms with Crippen molar-refractivity contribution in [1.29, 1.82) is 0 Å². The average molecular weight is 310 g/mol. The van der Waals surface area contributed by atoms with Crippen LogP contribution in [-0.4, -0.2) is 13.4 Å². The molecule has 108 valence electrons. The number of rotatable bonds is 4. The number of hydrogen-bond acceptors (Lipinski definition) is 4. The van der Waals surface area contributed by atoms with Gasteiger partial charge < -0.3 is 0 Å². The highest BCUT2D eigenvalue weighted by Gasteiger charge is 2.18. The van der Waals surface area contributed by atoms with E-state index in [1.54, 1.807) is 12.3 Å². The van der Waals surface area contributed by atoms with E-state index in [9.17, 15) is 8.42 Å². The number of nitrogens with one attached hydrogen (secondary N) is 1. The van der Waals surface area contributed by atoms with Crippen molar-refractivity contribution >= 4 is 21.4 Å². The summed E-state index contributed by atoms with van der Waals surface area (Å²) in [5.41, 5.74) is 2.88. The van der Waals surface area contributed by atoms with Gasteiger partial charge in [-0.25, -0.2) is 13.1 Å². The summed E-state index contributed by atoms with van der Waals surface area (Å²) in [6.07, 6.45) is 1.70. The number of aromatic nitrogens is 1. The lowest BCUT2D eigenvalue weighted by Crippen LogP contribution is -2.23. The fourth-order valence-corrected chi connectivity index (χ4v) is 4.50. The molecule has 0 aliphatic rings. The third kappa shape index (κ3) is 3.26. The number of nitrogens with zero attached hydrogens (tertiary/aromatic N) is 1. The number of thiophene rings is 1. The fourth-order valence-electron chi connectivity index (χ4n) is 1.93. The predicted octanol–water partition coefficient (Wildman–Crippen LogP) is 2.86. The van der Waals surface area contributed by atoms with Crippen LogP contribution in [-0.2, 0) is 16.6 Å². The van der Waals surface area contributed by atoms with E-state index >= 15 is 0 Å². The lowest BCUT2D eigenvalue weighted by Gasteiger charge is -2.07. The molecule has 0 saturated carbocycles. The molecule has 0 unspecified atom stereocenters. The van der Waals surface area contributed by atoms with Crippen LogP contribution in [0.4, 0.5) is 0 Å². The lowest BCUT2D eigenvalue weighted by molar-refractivity contribution is 0.581. The van der Waals surface area contributed by atoms with E-state index in [2.05, 4.69) is 9.71 Å². The van der Waals surface area contributed by atoms with Gasteiger partial charge >= 0.3 is 0 Å². The molecule has 0 fully saturated rings. The number of sulfonamides is 1. The van der Waals surface area contributed by atoms with Gasteiger partial charge in [0.05, 0.1) is 4.90 Å². The Morgan fingerprint density at radius 3 is 2.45 bits per heavy atom. The van der Waals surface area contributed by atoms with Gasteiger partial charge in [-0.2, -0.15) is 0 Å². The van der Waals surface area contributed by atoms with Crippen LogP contribution in [0.15, 0.2) is 23.2 Å². The Bertz CT molecular complexity index is 734. The summed E-state index contributed by atoms with van der Waals surface area (Å²) in [4.78, 5) is 6.42. The maximum absolute atomic E-state index is 12.3. The zero-order chi connectivity index (χ0) is 14.9. The predicted molar refractivity (Wildman–Crippen MR) is 81.5 cm³/mol. The minimum atomic E-state index is -3.46. The second-order valence-corrected chi connectivity index (χ2v) is 8.04. The van der Waals surface area contributed by atoms with E-state index < -0.39 is 10.0 Å². The van der Waals surface area contributed by atoms with E-state index in [4.69, 9.17) is 0 Å². The molecule has 1 N–H and O–H groups in total. The first-order valence-corrected chi connectivity index (χ1v) is 8.58. The van der Waals surface area contributed by atoms with Gasteiger partial charge in [0.15, 0.2) is 0 Å². The summed E-state index contributed by atoms with van der Waals surface area (Å²) in [5.74, 6) is 0. The molecule has 0 aliphatic carbocycles. The minimum absolute atomic E-state index is 0.255. The van der Waals surface area contributed by atoms with Crippen LogP contribution in [0.25, 0.3) is 0 Å². The standard InChI is InChI=1S/C14H18N2O2S2/c1-9-5-13(7-15-11(9)3)8-16-20(17,18)14-6-10(2)19-12(14)4/h5-7,16H,8H2,1-4H3. The van der Waals surface area contributed by atoms with Gasteiger partial charge in [-0.1, -0.05) is 6.07 Å². The summed E-state index contributed by atoms with van der Waals surface area (Å²) in [5, 5.41) is 0. The third-order valence-corrected chi connectivity index (χ3v) is 5.77. The van der Waals surface area contributed by atoms with Crippen molar-refractivity contribution < 1.29 is 8.42 Å². The van der Waals surface area contributed by atoms with Crippen LogP contribution >= 0.6 is 11.3 Å². The van der Waals surface area contributed by atoms with Gasteiger partial charge in [-0.3, -0.25) is 4.98 Å². The van der Waals surface area contributed by atoms with E-state index in [1.165, 1.54) is 11.3 Å². The molecule has 4 nitrogen and oxygen atoms in total. The highest BCUT2D eigenvalue weighted by Crippen LogP contribution is 2.24. The zero-order valence-electron chi connectivity index (χ0n) is 12.0. The molecular weight excluding hydrogens is 292 g/mol. The first kappa shape index (κ1) is 15.2. The Kier molecular flexibility index (Phi) is 4.27. The van der Waals surface area contributed by atoms with Crippen molar-refractivity contribution in [1.82, 2.24) is 9.71 Å². The van der Waals surface area contributed by atoms with Gasteiger partial charge in [0.2, 0.25) is 10.0 Å². The molecule has 0 aliphatic heterocycles. The maximum Gasteiger partial charge on any atom is 0.241 e. The fraction of sp³-hybridized carbons (Fsp3) is 0.357. The SMILES string of the molecule is Cc1cc(S(=O)(=O)NCc2cnc(C)c(C)c2)c(C)s1. The molecule has 0 aromatic carbocycles. The van der Waals surface area contributed by atoms with Gasteiger partial charge in [-0.05, 0) is 44.9 Å². The number of aryl methyl sites for hydroxylation is 4. The number of pyridine rings is 1. The highest BCUT2D eigenvalue weighted by molar-refractivity contribution is 7.89. The molecule has 2 rings (SSSR count). The summed E-state index contributed by atoms with van der Waals surface area (Å²) < 4.78 is 27.2. The molecule has 6 heteroatoms. The van der Waals surface area contributed by atoms with Gasteiger partial charge in [0.25, 0.3) is 0 Å². The second-order valence-electron chi connectivity index (χ2n) is 4.85. The molecule has 2 aromatic rings. The first-order chi connectivity index (χ1) is 9.29. The topological polar surface area (TPSA) is 59.1 Å². The van der Waals surface area contributed by atoms with E-state index in [0.29, 0.717) is 4.90 Å². The highest BCUT2D eigenvalue weighted by atomic mass is 32.2. The summed E-state index contributed by atoms with van der Waals surface area (Å²) >= 11 is 1.49. The van der Waals surface area contributed by atoms with Gasteiger partial charge in [0, 0.05) is 28.2 Å². The van der Waals surface area contributed by atoms with Gasteiger partial charge in [0.1, 0.15) is 0 Å². The summed E-state index contributed by atoms with van der Waals surface area (Å²) in [7, 11) is -3.46. The van der Waals surface area contributed by atoms with Gasteiger partial charge in [-0.15, -0.1) is 11.3 Å². The van der Waals surface area contributed by atoms with Crippen LogP contribution < -0.4 is 4.72 Å². The monoisotopic (exact) mass is 310 g/mol. The zero-order valence-corrected chi connectivity index (χ0v) is 13.7. The Balaban J connectivity index is 2.17. The summed E-state index contributed by atoms with van der Waals surface area (Å²) in [6, 6.07) is 3.66. The molecular formula is C14H18N2O2S2. The van der Waals surface area contributed by atoms with Crippen LogP contribution in [0.1, 0.15) is 26.6 Å². The molecule has 2 heterocycles. The Morgan fingerprint density at radius 2 is 1.90 bits per heavy atom. The van der Waals surface area contributed by atoms with Crippen LogP contribution in [0, 0.1) is 27.7 Å². The first-order valence-electron chi connectivity index (χ1n) is 6.28. The molecule has 0 atom stereocenters. The minimum Gasteiger partial charge on any atom is -0.261 e. The van der Waals surface area contributed by atoms with Crippen LogP contribution in [0.3, 0.4) is 0 Å². The molecule has 0 amide bonds. The van der Waals surface area contributed by atoms with E-state index in [1.807, 2.05) is 33.8 Å². The van der Waals surface area contributed by atoms with Crippen molar-refractivity contribution in [3.63, 3.8) is 0 Å². The number of hydrogen-bond donors (Lipinski definition) is 1. The third-order valence-electron chi connectivity index (χ3n) is 3.15. The van der Waals surface area contributed by atoms with Crippen molar-refractivity contribution in [2.75, 3.05) is 0 Å². The second kappa shape index (κ2) is 5.63. The largest absolute Gasteiger partial charge is 0.261 e. The normalized spacial score (nSPS) is 11.8. The Morgan fingerprint density at radius 1 is 1.20 bits per heavy atom. The van der Waals surface area contributed by atoms with Crippen molar-refractivity contribution in [2.24, 2.45) is 0 Å². The van der Waals surface area contributed by atoms with Crippen LogP contribution in [0.2, 0.25) is 0 Å². The summed E-state index contributed by atoms with van der Waals surface area (Å²) in [6.45, 7) is 7.88. The molecule has 0 saturated heterocycles. The average Bonchev–Trinajstić information content (AvgIpc) is 2.71. The van der Waals surface area contributed by atoms with Crippen LogP contribution in [0.5, 0.6) is 0 Å². The Hall–Kier alpha value is -1.24. The smallest absolute Gasteiger partial charge is 0.241 e. The lowest BCUT2D eigenvalue weighted by atomic mass is 10.2. The van der Waals surface area contributed by atoms with Crippen molar-refractivity contribution in [2.45, 2.75) is 39.1 Å².